The van der Waals surface area contributed by atoms with E-state index in [1.54, 1.807) is 12.1 Å². The minimum Gasteiger partial charge on any atom is -0.352 e. The number of halogens is 2. The lowest BCUT2D eigenvalue weighted by Gasteiger charge is -2.27. The van der Waals surface area contributed by atoms with Crippen LogP contribution in [0.2, 0.25) is 10.0 Å². The van der Waals surface area contributed by atoms with Gasteiger partial charge < -0.3 is 5.32 Å². The second-order valence-electron chi connectivity index (χ2n) is 8.30. The van der Waals surface area contributed by atoms with Crippen LogP contribution in [-0.2, 0) is 14.8 Å². The van der Waals surface area contributed by atoms with Crippen molar-refractivity contribution in [2.45, 2.75) is 43.5 Å². The third kappa shape index (κ3) is 4.46. The Morgan fingerprint density at radius 1 is 1.07 bits per heavy atom. The average molecular weight is 467 g/mol. The lowest BCUT2D eigenvalue weighted by molar-refractivity contribution is -0.120. The zero-order chi connectivity index (χ0) is 21.5. The Bertz CT molecular complexity index is 1040. The van der Waals surface area contributed by atoms with E-state index in [4.69, 9.17) is 23.2 Å². The largest absolute Gasteiger partial charge is 0.352 e. The third-order valence-corrected chi connectivity index (χ3v) is 8.34. The first-order valence-corrected chi connectivity index (χ1v) is 12.3. The van der Waals surface area contributed by atoms with Gasteiger partial charge in [-0.2, -0.15) is 0 Å². The number of carbonyl (C=O) groups excluding carboxylic acids is 1. The molecule has 2 aromatic carbocycles. The molecular formula is C22H24Cl2N2O3S. The minimum atomic E-state index is -3.99. The number of nitrogens with one attached hydrogen (secondary N) is 1. The number of benzene rings is 2. The number of anilines is 1. The molecule has 160 valence electrons. The molecule has 0 aromatic heterocycles. The predicted octanol–water partition coefficient (Wildman–Crippen LogP) is 4.80. The van der Waals surface area contributed by atoms with Crippen molar-refractivity contribution in [2.24, 2.45) is 11.8 Å². The molecule has 2 aliphatic carbocycles. The number of hydrogen-bond donors (Lipinski definition) is 1. The highest BCUT2D eigenvalue weighted by Gasteiger charge is 2.40. The molecule has 0 spiro atoms. The number of hydrogen-bond acceptors (Lipinski definition) is 3. The van der Waals surface area contributed by atoms with Crippen molar-refractivity contribution in [3.8, 4) is 0 Å². The Morgan fingerprint density at radius 2 is 1.73 bits per heavy atom. The number of aryl methyl sites for hydroxylation is 1. The summed E-state index contributed by atoms with van der Waals surface area (Å²) in [6.07, 6.45) is 4.49. The Morgan fingerprint density at radius 3 is 2.30 bits per heavy atom. The van der Waals surface area contributed by atoms with Crippen molar-refractivity contribution < 1.29 is 13.2 Å². The zero-order valence-corrected chi connectivity index (χ0v) is 19.0. The van der Waals surface area contributed by atoms with Crippen molar-refractivity contribution in [1.82, 2.24) is 5.32 Å². The molecule has 3 atom stereocenters. The summed E-state index contributed by atoms with van der Waals surface area (Å²) in [6.45, 7) is 1.55. The van der Waals surface area contributed by atoms with Crippen LogP contribution in [0.15, 0.2) is 47.4 Å². The van der Waals surface area contributed by atoms with Gasteiger partial charge in [0.2, 0.25) is 5.91 Å². The fourth-order valence-corrected chi connectivity index (χ4v) is 6.56. The van der Waals surface area contributed by atoms with E-state index in [1.807, 2.05) is 6.92 Å². The maximum Gasteiger partial charge on any atom is 0.264 e. The summed E-state index contributed by atoms with van der Waals surface area (Å²) in [5.74, 6) is 0.862. The van der Waals surface area contributed by atoms with E-state index in [1.165, 1.54) is 36.8 Å². The van der Waals surface area contributed by atoms with Gasteiger partial charge in [0.1, 0.15) is 6.54 Å². The fourth-order valence-electron chi connectivity index (χ4n) is 4.64. The van der Waals surface area contributed by atoms with E-state index in [-0.39, 0.29) is 29.1 Å². The van der Waals surface area contributed by atoms with Gasteiger partial charge in [0.25, 0.3) is 10.0 Å². The predicted molar refractivity (Wildman–Crippen MR) is 120 cm³/mol. The van der Waals surface area contributed by atoms with Crippen molar-refractivity contribution >= 4 is 44.8 Å². The lowest BCUT2D eigenvalue weighted by atomic mass is 9.95. The molecule has 4 rings (SSSR count). The maximum atomic E-state index is 13.4. The summed E-state index contributed by atoms with van der Waals surface area (Å²) in [5, 5.41) is 3.66. The van der Waals surface area contributed by atoms with E-state index >= 15 is 0 Å². The Balaban J connectivity index is 1.63. The molecular weight excluding hydrogens is 443 g/mol. The molecule has 2 aliphatic rings. The monoisotopic (exact) mass is 466 g/mol. The number of nitrogens with zero attached hydrogens (tertiary/aromatic N) is 1. The van der Waals surface area contributed by atoms with E-state index < -0.39 is 10.0 Å². The van der Waals surface area contributed by atoms with Gasteiger partial charge in [-0.3, -0.25) is 9.10 Å². The first-order chi connectivity index (χ1) is 14.2. The first kappa shape index (κ1) is 21.5. The quantitative estimate of drug-likeness (QED) is 0.664. The highest BCUT2D eigenvalue weighted by molar-refractivity contribution is 7.92. The molecule has 0 aliphatic heterocycles. The van der Waals surface area contributed by atoms with Gasteiger partial charge in [-0.05, 0) is 68.4 Å². The fraction of sp³-hybridized carbons (Fsp3) is 0.409. The van der Waals surface area contributed by atoms with E-state index in [2.05, 4.69) is 5.32 Å². The van der Waals surface area contributed by atoms with E-state index in [0.29, 0.717) is 21.9 Å². The van der Waals surface area contributed by atoms with Gasteiger partial charge in [0.15, 0.2) is 0 Å². The summed E-state index contributed by atoms with van der Waals surface area (Å²) in [5.41, 5.74) is 1.21. The second kappa shape index (κ2) is 8.40. The standard InChI is InChI=1S/C22H24Cl2N2O3S/c1-14-2-6-20(7-3-14)30(28,29)26(19-11-17(23)10-18(24)12-19)13-22(27)25-21-9-15-4-5-16(21)8-15/h2-3,6-7,10-12,15-16,21H,4-5,8-9,13H2,1H3,(H,25,27)/t15-,16-,21+/m0/s1. The summed E-state index contributed by atoms with van der Waals surface area (Å²) < 4.78 is 27.9. The molecule has 0 saturated heterocycles. The normalized spacial score (nSPS) is 22.8. The summed E-state index contributed by atoms with van der Waals surface area (Å²) >= 11 is 12.2. The SMILES string of the molecule is Cc1ccc(S(=O)(=O)N(CC(=O)N[C@@H]2C[C@H]3CC[C@H]2C3)c2cc(Cl)cc(Cl)c2)cc1. The van der Waals surface area contributed by atoms with Crippen LogP contribution in [0.5, 0.6) is 0 Å². The molecule has 2 aromatic rings. The van der Waals surface area contributed by atoms with Crippen LogP contribution >= 0.6 is 23.2 Å². The van der Waals surface area contributed by atoms with Crippen molar-refractivity contribution in [1.29, 1.82) is 0 Å². The van der Waals surface area contributed by atoms with Gasteiger partial charge in [-0.15, -0.1) is 0 Å². The Hall–Kier alpha value is -1.76. The number of sulfonamides is 1. The molecule has 1 N–H and O–H groups in total. The molecule has 5 nitrogen and oxygen atoms in total. The van der Waals surface area contributed by atoms with Crippen LogP contribution in [-0.4, -0.2) is 26.9 Å². The van der Waals surface area contributed by atoms with Gasteiger partial charge in [-0.25, -0.2) is 8.42 Å². The molecule has 0 heterocycles. The minimum absolute atomic E-state index is 0.108. The van der Waals surface area contributed by atoms with Gasteiger partial charge in [-0.1, -0.05) is 47.3 Å². The molecule has 0 unspecified atom stereocenters. The first-order valence-electron chi connectivity index (χ1n) is 10.1. The molecule has 30 heavy (non-hydrogen) atoms. The van der Waals surface area contributed by atoms with Crippen LogP contribution in [0.4, 0.5) is 5.69 Å². The van der Waals surface area contributed by atoms with E-state index in [0.717, 1.165) is 29.1 Å². The van der Waals surface area contributed by atoms with Gasteiger partial charge in [0, 0.05) is 16.1 Å². The van der Waals surface area contributed by atoms with Crippen LogP contribution < -0.4 is 9.62 Å². The molecule has 2 bridgehead atoms. The van der Waals surface area contributed by atoms with Gasteiger partial charge >= 0.3 is 0 Å². The van der Waals surface area contributed by atoms with Crippen LogP contribution in [0.3, 0.4) is 0 Å². The topological polar surface area (TPSA) is 66.5 Å². The molecule has 8 heteroatoms. The van der Waals surface area contributed by atoms with Crippen LogP contribution in [0, 0.1) is 18.8 Å². The number of amides is 1. The third-order valence-electron chi connectivity index (χ3n) is 6.12. The lowest BCUT2D eigenvalue weighted by Crippen LogP contribution is -2.46. The average Bonchev–Trinajstić information content (AvgIpc) is 3.28. The summed E-state index contributed by atoms with van der Waals surface area (Å²) in [7, 11) is -3.99. The van der Waals surface area contributed by atoms with Gasteiger partial charge in [0.05, 0.1) is 10.6 Å². The summed E-state index contributed by atoms with van der Waals surface area (Å²) in [4.78, 5) is 13.0. The Labute approximate surface area is 187 Å². The number of rotatable bonds is 6. The molecule has 0 radical (unpaired) electrons. The highest BCUT2D eigenvalue weighted by atomic mass is 35.5. The smallest absolute Gasteiger partial charge is 0.264 e. The molecule has 2 fully saturated rings. The van der Waals surface area contributed by atoms with E-state index in [9.17, 15) is 13.2 Å². The molecule has 1 amide bonds. The highest BCUT2D eigenvalue weighted by Crippen LogP contribution is 2.44. The van der Waals surface area contributed by atoms with Crippen molar-refractivity contribution in [3.05, 3.63) is 58.1 Å². The van der Waals surface area contributed by atoms with Crippen LogP contribution in [0.25, 0.3) is 0 Å². The zero-order valence-electron chi connectivity index (χ0n) is 16.6. The van der Waals surface area contributed by atoms with Crippen molar-refractivity contribution in [2.75, 3.05) is 10.8 Å². The Kier molecular flexibility index (Phi) is 6.02. The molecule has 2 saturated carbocycles. The second-order valence-corrected chi connectivity index (χ2v) is 11.0. The maximum absolute atomic E-state index is 13.4. The summed E-state index contributed by atoms with van der Waals surface area (Å²) in [6, 6.07) is 11.2. The van der Waals surface area contributed by atoms with Crippen molar-refractivity contribution in [3.63, 3.8) is 0 Å². The van der Waals surface area contributed by atoms with Crippen LogP contribution in [0.1, 0.15) is 31.2 Å². The number of carbonyl (C=O) groups is 1. The number of fused-ring (bicyclic) bond motifs is 2.